The second-order valence-corrected chi connectivity index (χ2v) is 6.42. The van der Waals surface area contributed by atoms with Gasteiger partial charge in [0.05, 0.1) is 6.54 Å². The summed E-state index contributed by atoms with van der Waals surface area (Å²) < 4.78 is 5.73. The van der Waals surface area contributed by atoms with E-state index >= 15 is 0 Å². The van der Waals surface area contributed by atoms with Gasteiger partial charge in [0.25, 0.3) is 0 Å². The van der Waals surface area contributed by atoms with Crippen LogP contribution in [0.4, 0.5) is 0 Å². The van der Waals surface area contributed by atoms with E-state index in [1.807, 2.05) is 11.8 Å². The molecule has 0 aliphatic carbocycles. The zero-order valence-corrected chi connectivity index (χ0v) is 13.6. The Labute approximate surface area is 122 Å². The Kier molecular flexibility index (Phi) is 7.61. The maximum absolute atomic E-state index is 5.47. The number of nitrogens with zero attached hydrogens (tertiary/aromatic N) is 1. The van der Waals surface area contributed by atoms with E-state index < -0.39 is 0 Å². The Hall–Kier alpha value is -0.420. The molecule has 112 valence electrons. The molecule has 1 heterocycles. The van der Waals surface area contributed by atoms with Crippen LogP contribution in [0.15, 0.2) is 4.99 Å². The molecule has 1 aliphatic rings. The van der Waals surface area contributed by atoms with Crippen LogP contribution in [0.5, 0.6) is 0 Å². The first-order valence-electron chi connectivity index (χ1n) is 7.33. The van der Waals surface area contributed by atoms with Crippen molar-refractivity contribution < 1.29 is 4.74 Å². The van der Waals surface area contributed by atoms with E-state index in [1.165, 1.54) is 0 Å². The molecule has 0 saturated carbocycles. The number of hydrogen-bond donors (Lipinski definition) is 2. The fourth-order valence-electron chi connectivity index (χ4n) is 2.05. The fourth-order valence-corrected chi connectivity index (χ4v) is 2.82. The maximum Gasteiger partial charge on any atom is 0.191 e. The maximum atomic E-state index is 5.47. The third-order valence-corrected chi connectivity index (χ3v) is 5.11. The van der Waals surface area contributed by atoms with Gasteiger partial charge in [0.15, 0.2) is 5.96 Å². The molecule has 1 saturated heterocycles. The van der Waals surface area contributed by atoms with Gasteiger partial charge in [0.2, 0.25) is 0 Å². The molecule has 5 heteroatoms. The lowest BCUT2D eigenvalue weighted by Crippen LogP contribution is -2.44. The van der Waals surface area contributed by atoms with E-state index in [4.69, 9.17) is 9.73 Å². The molecule has 0 bridgehead atoms. The van der Waals surface area contributed by atoms with Crippen LogP contribution in [0.3, 0.4) is 0 Å². The topological polar surface area (TPSA) is 45.7 Å². The molecule has 19 heavy (non-hydrogen) atoms. The molecule has 0 aromatic rings. The summed E-state index contributed by atoms with van der Waals surface area (Å²) in [6, 6.07) is 0.456. The van der Waals surface area contributed by atoms with Crippen molar-refractivity contribution in [2.75, 3.05) is 32.6 Å². The van der Waals surface area contributed by atoms with E-state index in [9.17, 15) is 0 Å². The Morgan fingerprint density at radius 2 is 2.05 bits per heavy atom. The van der Waals surface area contributed by atoms with Crippen molar-refractivity contribution in [2.24, 2.45) is 4.99 Å². The highest BCUT2D eigenvalue weighted by molar-refractivity contribution is 8.00. The molecular weight excluding hydrogens is 258 g/mol. The number of aliphatic imine (C=N–C) groups is 1. The van der Waals surface area contributed by atoms with Crippen molar-refractivity contribution in [1.29, 1.82) is 0 Å². The minimum atomic E-state index is 0.260. The molecule has 0 amide bonds. The van der Waals surface area contributed by atoms with E-state index in [0.717, 1.165) is 51.5 Å². The predicted molar refractivity (Wildman–Crippen MR) is 85.2 cm³/mol. The van der Waals surface area contributed by atoms with Gasteiger partial charge in [-0.2, -0.15) is 11.8 Å². The Morgan fingerprint density at radius 1 is 1.37 bits per heavy atom. The normalized spacial score (nSPS) is 20.9. The minimum Gasteiger partial charge on any atom is -0.381 e. The van der Waals surface area contributed by atoms with Crippen molar-refractivity contribution in [1.82, 2.24) is 10.6 Å². The standard InChI is InChI=1S/C14H29N3OS/c1-5-12(3)17-13(15-6-2)16-11-14(19-4)7-9-18-10-8-14/h12H,5-11H2,1-4H3,(H2,15,16,17). The smallest absolute Gasteiger partial charge is 0.191 e. The summed E-state index contributed by atoms with van der Waals surface area (Å²) in [5.41, 5.74) is 0. The summed E-state index contributed by atoms with van der Waals surface area (Å²) in [6.45, 7) is 9.97. The number of nitrogens with one attached hydrogen (secondary N) is 2. The lowest BCUT2D eigenvalue weighted by atomic mass is 9.99. The van der Waals surface area contributed by atoms with Crippen molar-refractivity contribution >= 4 is 17.7 Å². The highest BCUT2D eigenvalue weighted by atomic mass is 32.2. The second kappa shape index (κ2) is 8.69. The third kappa shape index (κ3) is 5.61. The molecule has 0 aromatic carbocycles. The van der Waals surface area contributed by atoms with Gasteiger partial charge in [0, 0.05) is 30.5 Å². The monoisotopic (exact) mass is 287 g/mol. The molecule has 1 fully saturated rings. The molecule has 0 aromatic heterocycles. The van der Waals surface area contributed by atoms with Gasteiger partial charge in [-0.05, 0) is 39.4 Å². The Balaban J connectivity index is 2.61. The zero-order chi connectivity index (χ0) is 14.1. The van der Waals surface area contributed by atoms with E-state index in [1.54, 1.807) is 0 Å². The number of guanidine groups is 1. The number of ether oxygens (including phenoxy) is 1. The lowest BCUT2D eigenvalue weighted by Gasteiger charge is -2.34. The zero-order valence-electron chi connectivity index (χ0n) is 12.8. The summed E-state index contributed by atoms with van der Waals surface area (Å²) in [4.78, 5) is 4.79. The molecule has 4 nitrogen and oxygen atoms in total. The van der Waals surface area contributed by atoms with Crippen LogP contribution in [0.25, 0.3) is 0 Å². The second-order valence-electron chi connectivity index (χ2n) is 5.15. The van der Waals surface area contributed by atoms with Gasteiger partial charge in [0.1, 0.15) is 0 Å². The molecule has 1 atom stereocenters. The molecule has 1 aliphatic heterocycles. The van der Waals surface area contributed by atoms with E-state index in [2.05, 4.69) is 37.7 Å². The van der Waals surface area contributed by atoms with E-state index in [0.29, 0.717) is 6.04 Å². The van der Waals surface area contributed by atoms with Crippen molar-refractivity contribution in [2.45, 2.75) is 50.8 Å². The van der Waals surface area contributed by atoms with Crippen LogP contribution >= 0.6 is 11.8 Å². The van der Waals surface area contributed by atoms with Gasteiger partial charge in [-0.25, -0.2) is 0 Å². The summed E-state index contributed by atoms with van der Waals surface area (Å²) in [5.74, 6) is 0.941. The van der Waals surface area contributed by atoms with Crippen LogP contribution in [-0.4, -0.2) is 49.3 Å². The van der Waals surface area contributed by atoms with Crippen LogP contribution in [-0.2, 0) is 4.74 Å². The van der Waals surface area contributed by atoms with Gasteiger partial charge in [-0.1, -0.05) is 6.92 Å². The Morgan fingerprint density at radius 3 is 2.58 bits per heavy atom. The molecule has 0 spiro atoms. The summed E-state index contributed by atoms with van der Waals surface area (Å²) >= 11 is 1.94. The summed E-state index contributed by atoms with van der Waals surface area (Å²) in [6.07, 6.45) is 5.49. The average Bonchev–Trinajstić information content (AvgIpc) is 2.46. The lowest BCUT2D eigenvalue weighted by molar-refractivity contribution is 0.0794. The molecule has 1 unspecified atom stereocenters. The van der Waals surface area contributed by atoms with Crippen LogP contribution in [0.1, 0.15) is 40.0 Å². The van der Waals surface area contributed by atoms with Gasteiger partial charge >= 0.3 is 0 Å². The summed E-state index contributed by atoms with van der Waals surface area (Å²) in [7, 11) is 0. The highest BCUT2D eigenvalue weighted by Gasteiger charge is 2.31. The van der Waals surface area contributed by atoms with E-state index in [-0.39, 0.29) is 4.75 Å². The molecule has 0 radical (unpaired) electrons. The fraction of sp³-hybridized carbons (Fsp3) is 0.929. The van der Waals surface area contributed by atoms with Crippen molar-refractivity contribution in [3.63, 3.8) is 0 Å². The van der Waals surface area contributed by atoms with Crippen LogP contribution in [0.2, 0.25) is 0 Å². The third-order valence-electron chi connectivity index (χ3n) is 3.70. The first-order valence-corrected chi connectivity index (χ1v) is 8.56. The number of rotatable bonds is 6. The molecular formula is C14H29N3OS. The van der Waals surface area contributed by atoms with Gasteiger partial charge < -0.3 is 15.4 Å². The minimum absolute atomic E-state index is 0.260. The Bertz CT molecular complexity index is 278. The number of thioether (sulfide) groups is 1. The molecule has 2 N–H and O–H groups in total. The first kappa shape index (κ1) is 16.6. The van der Waals surface area contributed by atoms with Gasteiger partial charge in [-0.15, -0.1) is 0 Å². The van der Waals surface area contributed by atoms with Crippen LogP contribution < -0.4 is 10.6 Å². The van der Waals surface area contributed by atoms with Crippen molar-refractivity contribution in [3.8, 4) is 0 Å². The average molecular weight is 287 g/mol. The summed E-state index contributed by atoms with van der Waals surface area (Å²) in [5, 5.41) is 6.77. The van der Waals surface area contributed by atoms with Crippen LogP contribution in [0, 0.1) is 0 Å². The number of hydrogen-bond acceptors (Lipinski definition) is 3. The quantitative estimate of drug-likeness (QED) is 0.581. The van der Waals surface area contributed by atoms with Crippen molar-refractivity contribution in [3.05, 3.63) is 0 Å². The first-order chi connectivity index (χ1) is 9.15. The van der Waals surface area contributed by atoms with Gasteiger partial charge in [-0.3, -0.25) is 4.99 Å². The largest absolute Gasteiger partial charge is 0.381 e. The predicted octanol–water partition coefficient (Wildman–Crippen LogP) is 2.25. The SMILES string of the molecule is CCNC(=NCC1(SC)CCOCC1)NC(C)CC. The molecule has 1 rings (SSSR count). The highest BCUT2D eigenvalue weighted by Crippen LogP contribution is 2.33.